The van der Waals surface area contributed by atoms with Gasteiger partial charge in [0.2, 0.25) is 0 Å². The highest BCUT2D eigenvalue weighted by molar-refractivity contribution is 8.14. The molecule has 1 N–H and O–H groups in total. The van der Waals surface area contributed by atoms with E-state index in [4.69, 9.17) is 4.99 Å². The van der Waals surface area contributed by atoms with Gasteiger partial charge in [-0.1, -0.05) is 55.8 Å². The second kappa shape index (κ2) is 6.04. The van der Waals surface area contributed by atoms with Gasteiger partial charge in [0.1, 0.15) is 0 Å². The fraction of sp³-hybridized carbons (Fsp3) is 0.611. The maximum Gasteiger partial charge on any atom is 0.157 e. The first-order valence-electron chi connectivity index (χ1n) is 8.12. The van der Waals surface area contributed by atoms with Gasteiger partial charge in [-0.2, -0.15) is 0 Å². The molecule has 21 heavy (non-hydrogen) atoms. The van der Waals surface area contributed by atoms with Crippen molar-refractivity contribution >= 4 is 16.9 Å². The number of hydrogen-bond donors (Lipinski definition) is 1. The Bertz CT molecular complexity index is 540. The molecule has 1 saturated carbocycles. The van der Waals surface area contributed by atoms with Crippen LogP contribution < -0.4 is 5.32 Å². The average Bonchev–Trinajstić information content (AvgIpc) is 2.81. The third-order valence-corrected chi connectivity index (χ3v) is 6.08. The van der Waals surface area contributed by atoms with E-state index in [2.05, 4.69) is 50.4 Å². The van der Waals surface area contributed by atoms with Gasteiger partial charge in [0.15, 0.2) is 5.17 Å². The summed E-state index contributed by atoms with van der Waals surface area (Å²) >= 11 is 1.92. The van der Waals surface area contributed by atoms with Crippen molar-refractivity contribution in [1.82, 2.24) is 5.32 Å². The first-order valence-corrected chi connectivity index (χ1v) is 9.11. The van der Waals surface area contributed by atoms with E-state index in [1.807, 2.05) is 11.8 Å². The van der Waals surface area contributed by atoms with Gasteiger partial charge in [-0.3, -0.25) is 4.99 Å². The zero-order valence-electron chi connectivity index (χ0n) is 13.4. The zero-order valence-corrected chi connectivity index (χ0v) is 14.2. The average molecular weight is 302 g/mol. The normalized spacial score (nSPS) is 32.3. The highest BCUT2D eigenvalue weighted by Gasteiger charge is 2.40. The zero-order chi connectivity index (χ0) is 14.9. The highest BCUT2D eigenvalue weighted by Crippen LogP contribution is 2.39. The lowest BCUT2D eigenvalue weighted by Gasteiger charge is -2.36. The van der Waals surface area contributed by atoms with Crippen molar-refractivity contribution in [1.29, 1.82) is 0 Å². The first kappa shape index (κ1) is 15.0. The fourth-order valence-electron chi connectivity index (χ4n) is 3.78. The molecule has 1 aromatic rings. The van der Waals surface area contributed by atoms with Crippen molar-refractivity contribution in [2.24, 2.45) is 10.9 Å². The van der Waals surface area contributed by atoms with Crippen LogP contribution in [0.2, 0.25) is 0 Å². The second-order valence-corrected chi connectivity index (χ2v) is 7.83. The van der Waals surface area contributed by atoms with Crippen molar-refractivity contribution in [2.45, 2.75) is 58.0 Å². The van der Waals surface area contributed by atoms with Gasteiger partial charge in [-0.05, 0) is 43.7 Å². The van der Waals surface area contributed by atoms with E-state index >= 15 is 0 Å². The summed E-state index contributed by atoms with van der Waals surface area (Å²) in [4.78, 5) is 4.95. The number of thioether (sulfide) groups is 1. The topological polar surface area (TPSA) is 24.4 Å². The summed E-state index contributed by atoms with van der Waals surface area (Å²) in [5.74, 6) is 2.04. The van der Waals surface area contributed by atoms with Crippen molar-refractivity contribution in [3.8, 4) is 0 Å². The maximum atomic E-state index is 4.95. The standard InChI is InChI=1S/C18H26N2S/c1-13-7-6-10-18(11-13)12-21-17(20-18)19-15(3)16-9-5-4-8-14(16)2/h4-5,8-9,13,15H,6-7,10-12H2,1-3H3,(H,19,20). The van der Waals surface area contributed by atoms with Crippen LogP contribution in [0.1, 0.15) is 56.7 Å². The summed E-state index contributed by atoms with van der Waals surface area (Å²) in [5.41, 5.74) is 3.00. The molecule has 1 aliphatic carbocycles. The summed E-state index contributed by atoms with van der Waals surface area (Å²) < 4.78 is 0. The highest BCUT2D eigenvalue weighted by atomic mass is 32.2. The predicted octanol–water partition coefficient (Wildman–Crippen LogP) is 4.70. The molecular formula is C18H26N2S. The van der Waals surface area contributed by atoms with Crippen LogP contribution in [0.3, 0.4) is 0 Å². The lowest BCUT2D eigenvalue weighted by Crippen LogP contribution is -2.47. The molecule has 3 rings (SSSR count). The number of aliphatic imine (C=N–C) groups is 1. The molecule has 2 fully saturated rings. The number of nitrogens with zero attached hydrogens (tertiary/aromatic N) is 1. The SMILES string of the molecule is Cc1ccccc1C(C)N=C1NC2(CCCC(C)C2)CS1. The van der Waals surface area contributed by atoms with E-state index in [-0.39, 0.29) is 6.04 Å². The van der Waals surface area contributed by atoms with Gasteiger partial charge in [-0.25, -0.2) is 0 Å². The summed E-state index contributed by atoms with van der Waals surface area (Å²) in [7, 11) is 0. The van der Waals surface area contributed by atoms with Gasteiger partial charge < -0.3 is 5.32 Å². The van der Waals surface area contributed by atoms with E-state index in [0.717, 1.165) is 11.1 Å². The summed E-state index contributed by atoms with van der Waals surface area (Å²) in [6, 6.07) is 8.81. The van der Waals surface area contributed by atoms with Crippen molar-refractivity contribution < 1.29 is 0 Å². The molecule has 0 amide bonds. The van der Waals surface area contributed by atoms with E-state index in [1.165, 1.54) is 42.6 Å². The smallest absolute Gasteiger partial charge is 0.157 e. The molecule has 1 spiro atoms. The minimum Gasteiger partial charge on any atom is -0.359 e. The van der Waals surface area contributed by atoms with Crippen LogP contribution in [-0.2, 0) is 0 Å². The van der Waals surface area contributed by atoms with Crippen LogP contribution >= 0.6 is 11.8 Å². The lowest BCUT2D eigenvalue weighted by molar-refractivity contribution is 0.242. The van der Waals surface area contributed by atoms with Crippen LogP contribution in [-0.4, -0.2) is 16.5 Å². The van der Waals surface area contributed by atoms with Crippen LogP contribution in [0.4, 0.5) is 0 Å². The molecule has 0 aromatic heterocycles. The molecule has 0 radical (unpaired) electrons. The molecule has 2 nitrogen and oxygen atoms in total. The Labute approximate surface area is 132 Å². The molecule has 2 aliphatic rings. The summed E-state index contributed by atoms with van der Waals surface area (Å²) in [5, 5.41) is 4.92. The summed E-state index contributed by atoms with van der Waals surface area (Å²) in [6.07, 6.45) is 5.36. The third kappa shape index (κ3) is 3.28. The maximum absolute atomic E-state index is 4.95. The number of hydrogen-bond acceptors (Lipinski definition) is 2. The van der Waals surface area contributed by atoms with Crippen molar-refractivity contribution in [3.63, 3.8) is 0 Å². The monoisotopic (exact) mass is 302 g/mol. The van der Waals surface area contributed by atoms with Crippen LogP contribution in [0.5, 0.6) is 0 Å². The number of nitrogens with one attached hydrogen (secondary N) is 1. The Kier molecular flexibility index (Phi) is 4.30. The van der Waals surface area contributed by atoms with Gasteiger partial charge in [0.05, 0.1) is 6.04 Å². The minimum absolute atomic E-state index is 0.234. The second-order valence-electron chi connectivity index (χ2n) is 6.86. The summed E-state index contributed by atoms with van der Waals surface area (Å²) in [6.45, 7) is 6.76. The van der Waals surface area contributed by atoms with Gasteiger partial charge >= 0.3 is 0 Å². The Morgan fingerprint density at radius 1 is 1.38 bits per heavy atom. The Hall–Kier alpha value is -0.960. The molecule has 0 bridgehead atoms. The van der Waals surface area contributed by atoms with E-state index < -0.39 is 0 Å². The number of aryl methyl sites for hydroxylation is 1. The largest absolute Gasteiger partial charge is 0.359 e. The van der Waals surface area contributed by atoms with E-state index in [0.29, 0.717) is 5.54 Å². The molecule has 3 heteroatoms. The first-order chi connectivity index (χ1) is 10.1. The fourth-order valence-corrected chi connectivity index (χ4v) is 5.05. The minimum atomic E-state index is 0.234. The molecule has 1 aliphatic heterocycles. The van der Waals surface area contributed by atoms with Gasteiger partial charge in [-0.15, -0.1) is 0 Å². The Balaban J connectivity index is 1.72. The molecule has 3 unspecified atom stereocenters. The van der Waals surface area contributed by atoms with Crippen LogP contribution in [0.25, 0.3) is 0 Å². The van der Waals surface area contributed by atoms with E-state index in [9.17, 15) is 0 Å². The quantitative estimate of drug-likeness (QED) is 0.856. The third-order valence-electron chi connectivity index (χ3n) is 4.90. The molecule has 114 valence electrons. The Morgan fingerprint density at radius 3 is 2.95 bits per heavy atom. The van der Waals surface area contributed by atoms with Crippen LogP contribution in [0.15, 0.2) is 29.3 Å². The number of rotatable bonds is 2. The number of amidine groups is 1. The van der Waals surface area contributed by atoms with Crippen molar-refractivity contribution in [2.75, 3.05) is 5.75 Å². The predicted molar refractivity (Wildman–Crippen MR) is 93.0 cm³/mol. The van der Waals surface area contributed by atoms with Crippen LogP contribution in [0, 0.1) is 12.8 Å². The van der Waals surface area contributed by atoms with Crippen molar-refractivity contribution in [3.05, 3.63) is 35.4 Å². The van der Waals surface area contributed by atoms with Gasteiger partial charge in [0, 0.05) is 11.3 Å². The number of benzene rings is 1. The lowest BCUT2D eigenvalue weighted by atomic mass is 9.78. The molecule has 1 saturated heterocycles. The molecule has 1 heterocycles. The van der Waals surface area contributed by atoms with Gasteiger partial charge in [0.25, 0.3) is 0 Å². The van der Waals surface area contributed by atoms with E-state index in [1.54, 1.807) is 0 Å². The molecule has 3 atom stereocenters. The Morgan fingerprint density at radius 2 is 2.19 bits per heavy atom. The molecular weight excluding hydrogens is 276 g/mol. The molecule has 1 aromatic carbocycles.